The fourth-order valence-electron chi connectivity index (χ4n) is 1.69. The molecule has 8 heteroatoms. The molecule has 1 N–H and O–H groups in total. The molecule has 0 saturated heterocycles. The molecule has 5 nitrogen and oxygen atoms in total. The van der Waals surface area contributed by atoms with Crippen molar-refractivity contribution in [2.75, 3.05) is 17.6 Å². The lowest BCUT2D eigenvalue weighted by Crippen LogP contribution is -2.32. The number of halogens is 2. The van der Waals surface area contributed by atoms with Crippen LogP contribution >= 0.6 is 0 Å². The van der Waals surface area contributed by atoms with Gasteiger partial charge in [0.25, 0.3) is 0 Å². The van der Waals surface area contributed by atoms with Crippen molar-refractivity contribution >= 4 is 15.5 Å². The fourth-order valence-corrected chi connectivity index (χ4v) is 2.68. The highest BCUT2D eigenvalue weighted by molar-refractivity contribution is 7.92. The fraction of sp³-hybridized carbons (Fsp3) is 0.538. The van der Waals surface area contributed by atoms with E-state index in [-0.39, 0.29) is 23.8 Å². The van der Waals surface area contributed by atoms with Gasteiger partial charge in [0, 0.05) is 18.3 Å². The summed E-state index contributed by atoms with van der Waals surface area (Å²) >= 11 is 0. The van der Waals surface area contributed by atoms with E-state index in [1.807, 2.05) is 0 Å². The van der Waals surface area contributed by atoms with Crippen molar-refractivity contribution in [1.82, 2.24) is 0 Å². The Bertz CT molecular complexity index is 638. The number of alkyl halides is 2. The first kappa shape index (κ1) is 15.8. The number of rotatable bonds is 4. The van der Waals surface area contributed by atoms with E-state index in [0.29, 0.717) is 5.69 Å². The summed E-state index contributed by atoms with van der Waals surface area (Å²) in [5.74, 6) is -0.183. The monoisotopic (exact) mass is 321 g/mol. The molecule has 118 valence electrons. The quantitative estimate of drug-likeness (QED) is 0.923. The van der Waals surface area contributed by atoms with E-state index in [2.05, 4.69) is 14.8 Å². The lowest BCUT2D eigenvalue weighted by Gasteiger charge is -2.19. The second-order valence-corrected chi connectivity index (χ2v) is 8.55. The zero-order valence-corrected chi connectivity index (χ0v) is 12.8. The minimum absolute atomic E-state index is 0.0483. The van der Waals surface area contributed by atoms with Crippen LogP contribution in [-0.4, -0.2) is 31.8 Å². The lowest BCUT2D eigenvalue weighted by atomic mass is 10.3. The number of sulfone groups is 1. The molecular formula is C13H17F2NO4S. The van der Waals surface area contributed by atoms with E-state index < -0.39 is 20.9 Å². The molecule has 1 aliphatic heterocycles. The van der Waals surface area contributed by atoms with Crippen LogP contribution in [-0.2, 0) is 9.84 Å². The molecule has 1 aromatic rings. The van der Waals surface area contributed by atoms with E-state index >= 15 is 0 Å². The Hall–Kier alpha value is -1.57. The molecule has 0 saturated carbocycles. The molecule has 2 rings (SSSR count). The Kier molecular flexibility index (Phi) is 3.77. The highest BCUT2D eigenvalue weighted by atomic mass is 32.2. The number of nitrogens with one attached hydrogen (secondary N) is 1. The molecule has 0 radical (unpaired) electrons. The molecule has 1 aliphatic rings. The summed E-state index contributed by atoms with van der Waals surface area (Å²) in [5.41, 5.74) is 0.485. The summed E-state index contributed by atoms with van der Waals surface area (Å²) in [7, 11) is -3.24. The van der Waals surface area contributed by atoms with Crippen molar-refractivity contribution in [2.24, 2.45) is 0 Å². The standard InChI is InChI=1S/C13H17F2NO4S/c1-12(2,3)21(17,18)7-6-16-9-4-5-10-11(8-9)20-13(14,15)19-10/h4-5,8,16H,6-7H2,1-3H3. The predicted molar refractivity (Wildman–Crippen MR) is 74.7 cm³/mol. The van der Waals surface area contributed by atoms with Gasteiger partial charge in [-0.15, -0.1) is 8.78 Å². The van der Waals surface area contributed by atoms with Gasteiger partial charge in [-0.2, -0.15) is 0 Å². The Morgan fingerprint density at radius 3 is 2.43 bits per heavy atom. The maximum atomic E-state index is 12.9. The maximum absolute atomic E-state index is 12.9. The first-order valence-corrected chi connectivity index (χ1v) is 8.01. The Labute approximate surface area is 122 Å². The van der Waals surface area contributed by atoms with Gasteiger partial charge in [0.2, 0.25) is 0 Å². The first-order valence-electron chi connectivity index (χ1n) is 6.36. The van der Waals surface area contributed by atoms with Crippen LogP contribution in [0, 0.1) is 0 Å². The maximum Gasteiger partial charge on any atom is 0.586 e. The number of anilines is 1. The third kappa shape index (κ3) is 3.55. The van der Waals surface area contributed by atoms with Crippen LogP contribution < -0.4 is 14.8 Å². The summed E-state index contributed by atoms with van der Waals surface area (Å²) < 4.78 is 57.4. The topological polar surface area (TPSA) is 64.6 Å². The van der Waals surface area contributed by atoms with Crippen molar-refractivity contribution < 1.29 is 26.7 Å². The molecule has 0 fully saturated rings. The Morgan fingerprint density at radius 2 is 1.81 bits per heavy atom. The van der Waals surface area contributed by atoms with E-state index in [4.69, 9.17) is 0 Å². The van der Waals surface area contributed by atoms with Gasteiger partial charge >= 0.3 is 6.29 Å². The summed E-state index contributed by atoms with van der Waals surface area (Å²) in [6.07, 6.45) is -3.66. The zero-order valence-electron chi connectivity index (χ0n) is 11.9. The van der Waals surface area contributed by atoms with Crippen LogP contribution in [0.4, 0.5) is 14.5 Å². The Morgan fingerprint density at radius 1 is 1.19 bits per heavy atom. The molecule has 0 atom stereocenters. The van der Waals surface area contributed by atoms with Crippen LogP contribution in [0.1, 0.15) is 20.8 Å². The van der Waals surface area contributed by atoms with E-state index in [9.17, 15) is 17.2 Å². The van der Waals surface area contributed by atoms with Crippen LogP contribution in [0.15, 0.2) is 18.2 Å². The minimum Gasteiger partial charge on any atom is -0.395 e. The van der Waals surface area contributed by atoms with Crippen molar-refractivity contribution in [3.05, 3.63) is 18.2 Å². The number of fused-ring (bicyclic) bond motifs is 1. The molecule has 0 bridgehead atoms. The largest absolute Gasteiger partial charge is 0.586 e. The van der Waals surface area contributed by atoms with Gasteiger partial charge in [0.15, 0.2) is 21.3 Å². The first-order chi connectivity index (χ1) is 9.50. The third-order valence-electron chi connectivity index (χ3n) is 3.03. The van der Waals surface area contributed by atoms with Gasteiger partial charge in [-0.05, 0) is 32.9 Å². The van der Waals surface area contributed by atoms with Crippen molar-refractivity contribution in [2.45, 2.75) is 31.8 Å². The van der Waals surface area contributed by atoms with Crippen LogP contribution in [0.5, 0.6) is 11.5 Å². The van der Waals surface area contributed by atoms with Gasteiger partial charge in [-0.3, -0.25) is 0 Å². The van der Waals surface area contributed by atoms with Crippen molar-refractivity contribution in [1.29, 1.82) is 0 Å². The number of hydrogen-bond acceptors (Lipinski definition) is 5. The molecule has 1 aromatic carbocycles. The smallest absolute Gasteiger partial charge is 0.395 e. The van der Waals surface area contributed by atoms with Gasteiger partial charge in [-0.1, -0.05) is 0 Å². The average molecular weight is 321 g/mol. The molecular weight excluding hydrogens is 304 g/mol. The van der Waals surface area contributed by atoms with E-state index in [1.54, 1.807) is 20.8 Å². The molecule has 0 aromatic heterocycles. The molecule has 1 heterocycles. The lowest BCUT2D eigenvalue weighted by molar-refractivity contribution is -0.286. The van der Waals surface area contributed by atoms with Crippen LogP contribution in [0.25, 0.3) is 0 Å². The van der Waals surface area contributed by atoms with Crippen molar-refractivity contribution in [3.63, 3.8) is 0 Å². The predicted octanol–water partition coefficient (Wildman–Crippen LogP) is 2.63. The highest BCUT2D eigenvalue weighted by Crippen LogP contribution is 2.42. The van der Waals surface area contributed by atoms with Gasteiger partial charge in [0.05, 0.1) is 10.5 Å². The normalized spacial score (nSPS) is 16.8. The van der Waals surface area contributed by atoms with Crippen LogP contribution in [0.2, 0.25) is 0 Å². The summed E-state index contributed by atoms with van der Waals surface area (Å²) in [5, 5.41) is 2.87. The average Bonchev–Trinajstić information content (AvgIpc) is 2.60. The number of ether oxygens (including phenoxy) is 2. The summed E-state index contributed by atoms with van der Waals surface area (Å²) in [6.45, 7) is 5.07. The molecule has 0 spiro atoms. The van der Waals surface area contributed by atoms with Gasteiger partial charge in [-0.25, -0.2) is 8.42 Å². The molecule has 0 amide bonds. The highest BCUT2D eigenvalue weighted by Gasteiger charge is 2.43. The van der Waals surface area contributed by atoms with Gasteiger partial charge < -0.3 is 14.8 Å². The molecule has 0 unspecified atom stereocenters. The second kappa shape index (κ2) is 5.01. The van der Waals surface area contributed by atoms with E-state index in [0.717, 1.165) is 0 Å². The van der Waals surface area contributed by atoms with Crippen LogP contribution in [0.3, 0.4) is 0 Å². The van der Waals surface area contributed by atoms with Crippen molar-refractivity contribution in [3.8, 4) is 11.5 Å². The van der Waals surface area contributed by atoms with E-state index in [1.165, 1.54) is 18.2 Å². The second-order valence-electron chi connectivity index (χ2n) is 5.69. The minimum atomic E-state index is -3.66. The summed E-state index contributed by atoms with van der Waals surface area (Å²) in [4.78, 5) is 0. The molecule has 21 heavy (non-hydrogen) atoms. The third-order valence-corrected chi connectivity index (χ3v) is 5.64. The number of benzene rings is 1. The summed E-state index contributed by atoms with van der Waals surface area (Å²) in [6, 6.07) is 4.21. The SMILES string of the molecule is CC(C)(C)S(=O)(=O)CCNc1ccc2c(c1)OC(F)(F)O2. The zero-order chi connectivity index (χ0) is 15.9. The molecule has 0 aliphatic carbocycles. The van der Waals surface area contributed by atoms with Gasteiger partial charge in [0.1, 0.15) is 0 Å². The number of hydrogen-bond donors (Lipinski definition) is 1. The Balaban J connectivity index is 1.98.